The van der Waals surface area contributed by atoms with Gasteiger partial charge in [-0.1, -0.05) is 30.3 Å². The fourth-order valence-electron chi connectivity index (χ4n) is 3.19. The lowest BCUT2D eigenvalue weighted by atomic mass is 10.2. The Morgan fingerprint density at radius 2 is 1.81 bits per heavy atom. The van der Waals surface area contributed by atoms with Crippen LogP contribution in [-0.2, 0) is 6.54 Å². The summed E-state index contributed by atoms with van der Waals surface area (Å²) in [5, 5.41) is 4.52. The SMILES string of the molecule is Cc1cc2c(NCc3ccccc3)nc(N3CCN(C)CC3)nc2cn1. The summed E-state index contributed by atoms with van der Waals surface area (Å²) in [6.07, 6.45) is 1.85. The van der Waals surface area contributed by atoms with Gasteiger partial charge in [-0.15, -0.1) is 0 Å². The Morgan fingerprint density at radius 1 is 1.04 bits per heavy atom. The second-order valence-corrected chi connectivity index (χ2v) is 6.84. The first kappa shape index (κ1) is 16.7. The van der Waals surface area contributed by atoms with E-state index in [4.69, 9.17) is 9.97 Å². The van der Waals surface area contributed by atoms with Gasteiger partial charge in [-0.25, -0.2) is 4.98 Å². The number of fused-ring (bicyclic) bond motifs is 1. The van der Waals surface area contributed by atoms with Crippen molar-refractivity contribution in [2.75, 3.05) is 43.4 Å². The van der Waals surface area contributed by atoms with Crippen molar-refractivity contribution < 1.29 is 0 Å². The molecule has 3 aromatic rings. The number of nitrogens with one attached hydrogen (secondary N) is 1. The number of benzene rings is 1. The van der Waals surface area contributed by atoms with E-state index in [1.165, 1.54) is 5.56 Å². The number of hydrogen-bond acceptors (Lipinski definition) is 6. The van der Waals surface area contributed by atoms with Crippen molar-refractivity contribution in [2.45, 2.75) is 13.5 Å². The molecule has 1 N–H and O–H groups in total. The number of anilines is 2. The van der Waals surface area contributed by atoms with Crippen molar-refractivity contribution in [1.29, 1.82) is 0 Å². The highest BCUT2D eigenvalue weighted by Crippen LogP contribution is 2.25. The Labute approximate surface area is 153 Å². The van der Waals surface area contributed by atoms with E-state index in [1.54, 1.807) is 0 Å². The number of pyridine rings is 1. The lowest BCUT2D eigenvalue weighted by Crippen LogP contribution is -2.45. The minimum absolute atomic E-state index is 0.733. The number of nitrogens with zero attached hydrogens (tertiary/aromatic N) is 5. The maximum atomic E-state index is 4.86. The molecule has 6 nitrogen and oxygen atoms in total. The normalized spacial score (nSPS) is 15.4. The first-order valence-corrected chi connectivity index (χ1v) is 9.05. The monoisotopic (exact) mass is 348 g/mol. The molecule has 1 aliphatic rings. The zero-order valence-electron chi connectivity index (χ0n) is 15.3. The van der Waals surface area contributed by atoms with Gasteiger partial charge in [0.05, 0.1) is 11.7 Å². The molecule has 0 unspecified atom stereocenters. The molecule has 1 fully saturated rings. The maximum Gasteiger partial charge on any atom is 0.228 e. The van der Waals surface area contributed by atoms with Gasteiger partial charge in [-0.3, -0.25) is 4.98 Å². The van der Waals surface area contributed by atoms with Crippen LogP contribution in [0.25, 0.3) is 10.9 Å². The van der Waals surface area contributed by atoms with Crippen LogP contribution in [0.15, 0.2) is 42.6 Å². The number of hydrogen-bond donors (Lipinski definition) is 1. The number of likely N-dealkylation sites (N-methyl/N-ethyl adjacent to an activating group) is 1. The van der Waals surface area contributed by atoms with E-state index in [1.807, 2.05) is 19.2 Å². The molecular formula is C20H24N6. The van der Waals surface area contributed by atoms with Gasteiger partial charge in [0, 0.05) is 43.8 Å². The largest absolute Gasteiger partial charge is 0.365 e. The van der Waals surface area contributed by atoms with Crippen LogP contribution >= 0.6 is 0 Å². The molecule has 0 saturated carbocycles. The second kappa shape index (κ2) is 7.25. The van der Waals surface area contributed by atoms with Crippen LogP contribution in [-0.4, -0.2) is 53.1 Å². The summed E-state index contributed by atoms with van der Waals surface area (Å²) in [4.78, 5) is 18.6. The van der Waals surface area contributed by atoms with Gasteiger partial charge in [0.25, 0.3) is 0 Å². The Morgan fingerprint density at radius 3 is 2.58 bits per heavy atom. The molecule has 0 radical (unpaired) electrons. The molecule has 1 aliphatic heterocycles. The predicted molar refractivity (Wildman–Crippen MR) is 106 cm³/mol. The molecule has 6 heteroatoms. The molecule has 3 heterocycles. The number of aryl methyl sites for hydroxylation is 1. The lowest BCUT2D eigenvalue weighted by molar-refractivity contribution is 0.311. The minimum Gasteiger partial charge on any atom is -0.365 e. The van der Waals surface area contributed by atoms with Crippen molar-refractivity contribution in [2.24, 2.45) is 0 Å². The standard InChI is InChI=1S/C20H24N6/c1-15-12-17-18(14-21-15)23-20(26-10-8-25(2)9-11-26)24-19(17)22-13-16-6-4-3-5-7-16/h3-7,12,14H,8-11,13H2,1-2H3,(H,22,23,24). The van der Waals surface area contributed by atoms with Crippen LogP contribution in [0.2, 0.25) is 0 Å². The van der Waals surface area contributed by atoms with Gasteiger partial charge in [0.15, 0.2) is 0 Å². The van der Waals surface area contributed by atoms with Crippen LogP contribution in [0.5, 0.6) is 0 Å². The van der Waals surface area contributed by atoms with Crippen LogP contribution in [0.1, 0.15) is 11.3 Å². The number of piperazine rings is 1. The first-order valence-electron chi connectivity index (χ1n) is 9.05. The zero-order valence-corrected chi connectivity index (χ0v) is 15.3. The van der Waals surface area contributed by atoms with Gasteiger partial charge >= 0.3 is 0 Å². The highest BCUT2D eigenvalue weighted by atomic mass is 15.3. The van der Waals surface area contributed by atoms with Gasteiger partial charge in [0.1, 0.15) is 5.82 Å². The average molecular weight is 348 g/mol. The van der Waals surface area contributed by atoms with Gasteiger partial charge in [-0.05, 0) is 25.6 Å². The summed E-state index contributed by atoms with van der Waals surface area (Å²) in [6, 6.07) is 12.4. The fraction of sp³-hybridized carbons (Fsp3) is 0.350. The minimum atomic E-state index is 0.733. The lowest BCUT2D eigenvalue weighted by Gasteiger charge is -2.32. The molecule has 1 saturated heterocycles. The molecule has 4 rings (SSSR count). The van der Waals surface area contributed by atoms with E-state index in [0.717, 1.165) is 61.1 Å². The van der Waals surface area contributed by atoms with E-state index >= 15 is 0 Å². The zero-order chi connectivity index (χ0) is 17.9. The van der Waals surface area contributed by atoms with Gasteiger partial charge < -0.3 is 15.1 Å². The first-order chi connectivity index (χ1) is 12.7. The van der Waals surface area contributed by atoms with E-state index in [-0.39, 0.29) is 0 Å². The summed E-state index contributed by atoms with van der Waals surface area (Å²) >= 11 is 0. The van der Waals surface area contributed by atoms with Crippen LogP contribution in [0.3, 0.4) is 0 Å². The second-order valence-electron chi connectivity index (χ2n) is 6.84. The summed E-state index contributed by atoms with van der Waals surface area (Å²) in [5.74, 6) is 1.66. The average Bonchev–Trinajstić information content (AvgIpc) is 2.67. The molecule has 0 aliphatic carbocycles. The number of rotatable bonds is 4. The summed E-state index contributed by atoms with van der Waals surface area (Å²) in [5.41, 5.74) is 3.08. The third-order valence-corrected chi connectivity index (χ3v) is 4.80. The van der Waals surface area contributed by atoms with Crippen molar-refractivity contribution in [3.05, 3.63) is 53.9 Å². The van der Waals surface area contributed by atoms with Gasteiger partial charge in [0.2, 0.25) is 5.95 Å². The molecule has 2 aromatic heterocycles. The molecule has 26 heavy (non-hydrogen) atoms. The molecule has 134 valence electrons. The van der Waals surface area contributed by atoms with Crippen molar-refractivity contribution in [3.8, 4) is 0 Å². The molecule has 0 amide bonds. The molecule has 0 atom stereocenters. The molecular weight excluding hydrogens is 324 g/mol. The molecule has 0 bridgehead atoms. The fourth-order valence-corrected chi connectivity index (χ4v) is 3.19. The van der Waals surface area contributed by atoms with Gasteiger partial charge in [-0.2, -0.15) is 4.98 Å². The van der Waals surface area contributed by atoms with E-state index in [2.05, 4.69) is 57.5 Å². The number of aromatic nitrogens is 3. The molecule has 0 spiro atoms. The van der Waals surface area contributed by atoms with Crippen molar-refractivity contribution in [3.63, 3.8) is 0 Å². The van der Waals surface area contributed by atoms with Crippen LogP contribution < -0.4 is 10.2 Å². The Bertz CT molecular complexity index is 887. The van der Waals surface area contributed by atoms with Crippen LogP contribution in [0.4, 0.5) is 11.8 Å². The maximum absolute atomic E-state index is 4.86. The summed E-state index contributed by atoms with van der Waals surface area (Å²) < 4.78 is 0. The predicted octanol–water partition coefficient (Wildman–Crippen LogP) is 2.70. The quantitative estimate of drug-likeness (QED) is 0.782. The third kappa shape index (κ3) is 3.60. The van der Waals surface area contributed by atoms with E-state index in [9.17, 15) is 0 Å². The highest BCUT2D eigenvalue weighted by Gasteiger charge is 2.18. The molecule has 1 aromatic carbocycles. The Kier molecular flexibility index (Phi) is 4.67. The van der Waals surface area contributed by atoms with Crippen molar-refractivity contribution >= 4 is 22.7 Å². The summed E-state index contributed by atoms with van der Waals surface area (Å²) in [7, 11) is 2.15. The van der Waals surface area contributed by atoms with Crippen molar-refractivity contribution in [1.82, 2.24) is 19.9 Å². The van der Waals surface area contributed by atoms with E-state index in [0.29, 0.717) is 0 Å². The smallest absolute Gasteiger partial charge is 0.228 e. The Balaban J connectivity index is 1.67. The van der Waals surface area contributed by atoms with E-state index < -0.39 is 0 Å². The summed E-state index contributed by atoms with van der Waals surface area (Å²) in [6.45, 7) is 6.67. The highest BCUT2D eigenvalue weighted by molar-refractivity contribution is 5.89. The topological polar surface area (TPSA) is 57.2 Å². The Hall–Kier alpha value is -2.73. The third-order valence-electron chi connectivity index (χ3n) is 4.80. The van der Waals surface area contributed by atoms with Crippen LogP contribution in [0, 0.1) is 6.92 Å².